The number of hydrogen-bond donors (Lipinski definition) is 2. The molecular weight excluding hydrogens is 260 g/mol. The molecule has 1 aromatic heterocycles. The van der Waals surface area contributed by atoms with Crippen LogP contribution in [0.4, 0.5) is 10.8 Å². The van der Waals surface area contributed by atoms with Gasteiger partial charge in [0.05, 0.1) is 6.61 Å². The van der Waals surface area contributed by atoms with Crippen molar-refractivity contribution in [2.24, 2.45) is 0 Å². The lowest BCUT2D eigenvalue weighted by atomic mass is 10.2. The molecule has 0 unspecified atom stereocenters. The molecule has 0 spiro atoms. The zero-order valence-corrected chi connectivity index (χ0v) is 12.5. The minimum Gasteiger partial charge on any atom is -0.487 e. The number of nitrogen functional groups attached to an aromatic ring is 1. The first-order chi connectivity index (χ1) is 9.31. The number of aromatic nitrogens is 1. The standard InChI is InChI=1S/C13H24N4OS/c1-2-18-11-12(14)16-19-13(11)15-7-10-17-8-5-3-4-6-9-17/h15H,2-10H2,1H3,(H2,14,16). The van der Waals surface area contributed by atoms with Crippen LogP contribution in [0.1, 0.15) is 32.6 Å². The quantitative estimate of drug-likeness (QED) is 0.840. The number of ether oxygens (including phenoxy) is 1. The number of anilines is 2. The fourth-order valence-electron chi connectivity index (χ4n) is 2.38. The molecule has 3 N–H and O–H groups in total. The summed E-state index contributed by atoms with van der Waals surface area (Å²) in [6.07, 6.45) is 5.42. The Labute approximate surface area is 119 Å². The van der Waals surface area contributed by atoms with E-state index < -0.39 is 0 Å². The van der Waals surface area contributed by atoms with Gasteiger partial charge in [0.15, 0.2) is 16.6 Å². The summed E-state index contributed by atoms with van der Waals surface area (Å²) in [7, 11) is 0. The van der Waals surface area contributed by atoms with Gasteiger partial charge in [-0.3, -0.25) is 0 Å². The third-order valence-corrected chi connectivity index (χ3v) is 4.18. The van der Waals surface area contributed by atoms with Crippen LogP contribution >= 0.6 is 11.5 Å². The summed E-state index contributed by atoms with van der Waals surface area (Å²) in [5.41, 5.74) is 5.79. The van der Waals surface area contributed by atoms with E-state index >= 15 is 0 Å². The largest absolute Gasteiger partial charge is 0.487 e. The zero-order valence-electron chi connectivity index (χ0n) is 11.7. The zero-order chi connectivity index (χ0) is 13.5. The SMILES string of the molecule is CCOc1c(N)nsc1NCCN1CCCCCC1. The van der Waals surface area contributed by atoms with E-state index in [2.05, 4.69) is 14.6 Å². The Balaban J connectivity index is 1.78. The Morgan fingerprint density at radius 1 is 1.32 bits per heavy atom. The lowest BCUT2D eigenvalue weighted by molar-refractivity contribution is 0.296. The van der Waals surface area contributed by atoms with Gasteiger partial charge in [-0.1, -0.05) is 12.8 Å². The highest BCUT2D eigenvalue weighted by Crippen LogP contribution is 2.34. The van der Waals surface area contributed by atoms with E-state index in [4.69, 9.17) is 10.5 Å². The van der Waals surface area contributed by atoms with E-state index in [-0.39, 0.29) is 0 Å². The molecule has 1 aliphatic heterocycles. The maximum Gasteiger partial charge on any atom is 0.197 e. The Kier molecular flexibility index (Phi) is 5.72. The minimum atomic E-state index is 0.490. The maximum atomic E-state index is 5.79. The van der Waals surface area contributed by atoms with Crippen LogP contribution in [0.15, 0.2) is 0 Å². The van der Waals surface area contributed by atoms with Gasteiger partial charge in [0.1, 0.15) is 0 Å². The predicted octanol–water partition coefficient (Wildman–Crippen LogP) is 2.41. The lowest BCUT2D eigenvalue weighted by Crippen LogP contribution is -2.29. The lowest BCUT2D eigenvalue weighted by Gasteiger charge is -2.19. The molecule has 6 heteroatoms. The van der Waals surface area contributed by atoms with Crippen LogP contribution in [-0.4, -0.2) is 42.1 Å². The fourth-order valence-corrected chi connectivity index (χ4v) is 3.06. The third-order valence-electron chi connectivity index (χ3n) is 3.38. The van der Waals surface area contributed by atoms with Gasteiger partial charge in [-0.2, -0.15) is 4.37 Å². The Hall–Kier alpha value is -1.01. The van der Waals surface area contributed by atoms with Crippen LogP contribution < -0.4 is 15.8 Å². The van der Waals surface area contributed by atoms with Crippen molar-refractivity contribution >= 4 is 22.4 Å². The topological polar surface area (TPSA) is 63.4 Å². The van der Waals surface area contributed by atoms with Crippen LogP contribution in [0.3, 0.4) is 0 Å². The molecule has 0 aliphatic carbocycles. The summed E-state index contributed by atoms with van der Waals surface area (Å²) in [5, 5.41) is 4.35. The van der Waals surface area contributed by atoms with E-state index in [9.17, 15) is 0 Å². The van der Waals surface area contributed by atoms with Gasteiger partial charge in [0.25, 0.3) is 0 Å². The van der Waals surface area contributed by atoms with E-state index in [0.717, 1.165) is 18.1 Å². The molecule has 2 heterocycles. The Bertz CT molecular complexity index is 375. The summed E-state index contributed by atoms with van der Waals surface area (Å²) in [6, 6.07) is 0. The van der Waals surface area contributed by atoms with E-state index in [1.807, 2.05) is 6.92 Å². The van der Waals surface area contributed by atoms with Crippen molar-refractivity contribution in [2.75, 3.05) is 43.8 Å². The number of nitrogens with two attached hydrogens (primary N) is 1. The molecule has 0 atom stereocenters. The second-order valence-corrected chi connectivity index (χ2v) is 5.62. The Morgan fingerprint density at radius 3 is 2.74 bits per heavy atom. The molecule has 0 aromatic carbocycles. The molecule has 5 nitrogen and oxygen atoms in total. The summed E-state index contributed by atoms with van der Waals surface area (Å²) >= 11 is 1.38. The average Bonchev–Trinajstić information content (AvgIpc) is 2.64. The molecule has 0 saturated carbocycles. The first-order valence-corrected chi connectivity index (χ1v) is 7.92. The molecule has 2 rings (SSSR count). The molecule has 0 bridgehead atoms. The van der Waals surface area contributed by atoms with Crippen LogP contribution in [-0.2, 0) is 0 Å². The van der Waals surface area contributed by atoms with Gasteiger partial charge in [-0.05, 0) is 44.4 Å². The van der Waals surface area contributed by atoms with Gasteiger partial charge >= 0.3 is 0 Å². The third kappa shape index (κ3) is 4.24. The molecule has 0 radical (unpaired) electrons. The van der Waals surface area contributed by atoms with Crippen molar-refractivity contribution in [3.8, 4) is 5.75 Å². The minimum absolute atomic E-state index is 0.490. The fraction of sp³-hybridized carbons (Fsp3) is 0.769. The second-order valence-electron chi connectivity index (χ2n) is 4.84. The Morgan fingerprint density at radius 2 is 2.05 bits per heavy atom. The smallest absolute Gasteiger partial charge is 0.197 e. The van der Waals surface area contributed by atoms with Crippen molar-refractivity contribution in [1.82, 2.24) is 9.27 Å². The van der Waals surface area contributed by atoms with Crippen molar-refractivity contribution in [2.45, 2.75) is 32.6 Å². The van der Waals surface area contributed by atoms with Crippen LogP contribution in [0, 0.1) is 0 Å². The highest BCUT2D eigenvalue weighted by molar-refractivity contribution is 7.11. The number of hydrogen-bond acceptors (Lipinski definition) is 6. The highest BCUT2D eigenvalue weighted by Gasteiger charge is 2.13. The van der Waals surface area contributed by atoms with Crippen molar-refractivity contribution in [1.29, 1.82) is 0 Å². The second kappa shape index (κ2) is 7.55. The first kappa shape index (κ1) is 14.4. The number of nitrogens with one attached hydrogen (secondary N) is 1. The van der Waals surface area contributed by atoms with Gasteiger partial charge in [0.2, 0.25) is 0 Å². The molecular formula is C13H24N4OS. The molecule has 0 amide bonds. The van der Waals surface area contributed by atoms with E-state index in [1.165, 1.54) is 50.3 Å². The predicted molar refractivity (Wildman–Crippen MR) is 81.1 cm³/mol. The number of nitrogens with zero attached hydrogens (tertiary/aromatic N) is 2. The molecule has 19 heavy (non-hydrogen) atoms. The maximum absolute atomic E-state index is 5.79. The van der Waals surface area contributed by atoms with Crippen molar-refractivity contribution in [3.63, 3.8) is 0 Å². The normalized spacial score (nSPS) is 17.1. The molecule has 1 aliphatic rings. The molecule has 1 fully saturated rings. The monoisotopic (exact) mass is 284 g/mol. The van der Waals surface area contributed by atoms with Gasteiger partial charge in [0, 0.05) is 13.1 Å². The van der Waals surface area contributed by atoms with Crippen LogP contribution in [0.5, 0.6) is 5.75 Å². The van der Waals surface area contributed by atoms with Gasteiger partial charge < -0.3 is 20.7 Å². The van der Waals surface area contributed by atoms with E-state index in [1.54, 1.807) is 0 Å². The van der Waals surface area contributed by atoms with Crippen LogP contribution in [0.25, 0.3) is 0 Å². The molecule has 108 valence electrons. The average molecular weight is 284 g/mol. The molecule has 1 saturated heterocycles. The summed E-state index contributed by atoms with van der Waals surface area (Å²) in [6.45, 7) is 7.02. The summed E-state index contributed by atoms with van der Waals surface area (Å²) < 4.78 is 9.65. The van der Waals surface area contributed by atoms with Crippen molar-refractivity contribution < 1.29 is 4.74 Å². The number of rotatable bonds is 6. The summed E-state index contributed by atoms with van der Waals surface area (Å²) in [4.78, 5) is 2.53. The van der Waals surface area contributed by atoms with Gasteiger partial charge in [-0.25, -0.2) is 0 Å². The van der Waals surface area contributed by atoms with Gasteiger partial charge in [-0.15, -0.1) is 0 Å². The summed E-state index contributed by atoms with van der Waals surface area (Å²) in [5.74, 6) is 1.20. The van der Waals surface area contributed by atoms with E-state index in [0.29, 0.717) is 18.2 Å². The van der Waals surface area contributed by atoms with Crippen LogP contribution in [0.2, 0.25) is 0 Å². The first-order valence-electron chi connectivity index (χ1n) is 7.15. The molecule has 1 aromatic rings. The van der Waals surface area contributed by atoms with Crippen molar-refractivity contribution in [3.05, 3.63) is 0 Å². The highest BCUT2D eigenvalue weighted by atomic mass is 32.1. The number of likely N-dealkylation sites (tertiary alicyclic amines) is 1.